The molecule has 0 N–H and O–H groups in total. The first-order valence-electron chi connectivity index (χ1n) is 17.5. The molecule has 47 heavy (non-hydrogen) atoms. The molecule has 0 spiro atoms. The molecule has 0 radical (unpaired) electrons. The second-order valence-electron chi connectivity index (χ2n) is 14.0. The van der Waals surface area contributed by atoms with Crippen LogP contribution in [-0.4, -0.2) is 13.4 Å². The smallest absolute Gasteiger partial charge is 0.252 e. The number of rotatable bonds is 0. The van der Waals surface area contributed by atoms with Crippen LogP contribution in [0, 0.1) is 20.8 Å². The van der Waals surface area contributed by atoms with E-state index in [0.29, 0.717) is 12.1 Å². The summed E-state index contributed by atoms with van der Waals surface area (Å²) >= 11 is 0. The summed E-state index contributed by atoms with van der Waals surface area (Å²) in [4.78, 5) is 0. The van der Waals surface area contributed by atoms with Crippen molar-refractivity contribution in [1.29, 1.82) is 0 Å². The third-order valence-electron chi connectivity index (χ3n) is 11.3. The van der Waals surface area contributed by atoms with Gasteiger partial charge in [0.05, 0.1) is 2.74 Å². The zero-order valence-corrected chi connectivity index (χ0v) is 26.1. The molecular formula is C43H26B2O2. The SMILES string of the molecule is [2H]c1cc2c3c(cc4c([2H])cc5c6c(cc1c3c46)B1c3ccc(C)cc3Oc3cc(C)cc-5c31)B1c3ccccc3Oc3cc(C)cc-2c31. The molecule has 0 unspecified atom stereocenters. The lowest BCUT2D eigenvalue weighted by Gasteiger charge is -2.36. The van der Waals surface area contributed by atoms with Gasteiger partial charge in [-0.05, 0) is 138 Å². The highest BCUT2D eigenvalue weighted by Crippen LogP contribution is 2.46. The van der Waals surface area contributed by atoms with E-state index in [1.54, 1.807) is 0 Å². The Hall–Kier alpha value is -5.47. The average Bonchev–Trinajstić information content (AvgIpc) is 3.08. The molecule has 4 aliphatic rings. The number of para-hydroxylation sites is 1. The number of fused-ring (bicyclic) bond motifs is 8. The van der Waals surface area contributed by atoms with E-state index in [0.717, 1.165) is 105 Å². The molecule has 8 aromatic rings. The number of hydrogen-bond acceptors (Lipinski definition) is 2. The summed E-state index contributed by atoms with van der Waals surface area (Å²) in [5, 5.41) is 6.50. The van der Waals surface area contributed by atoms with Gasteiger partial charge >= 0.3 is 0 Å². The highest BCUT2D eigenvalue weighted by Gasteiger charge is 2.43. The van der Waals surface area contributed by atoms with Crippen molar-refractivity contribution in [3.63, 3.8) is 0 Å². The maximum Gasteiger partial charge on any atom is 0.252 e. The van der Waals surface area contributed by atoms with Crippen molar-refractivity contribution in [2.75, 3.05) is 0 Å². The number of aryl methyl sites for hydroxylation is 3. The normalized spacial score (nSPS) is 14.7. The largest absolute Gasteiger partial charge is 0.458 e. The number of hydrogen-bond donors (Lipinski definition) is 0. The molecule has 0 saturated heterocycles. The second-order valence-corrected chi connectivity index (χ2v) is 14.0. The highest BCUT2D eigenvalue weighted by atomic mass is 16.5. The summed E-state index contributed by atoms with van der Waals surface area (Å²) in [5.41, 5.74) is 14.9. The molecule has 0 bridgehead atoms. The van der Waals surface area contributed by atoms with E-state index in [2.05, 4.69) is 106 Å². The first kappa shape index (κ1) is 22.9. The molecule has 0 atom stereocenters. The molecule has 0 fully saturated rings. The lowest BCUT2D eigenvalue weighted by atomic mass is 9.32. The van der Waals surface area contributed by atoms with Crippen LogP contribution in [0.2, 0.25) is 0 Å². The summed E-state index contributed by atoms with van der Waals surface area (Å²) in [7, 11) is 0. The van der Waals surface area contributed by atoms with Crippen molar-refractivity contribution in [2.24, 2.45) is 0 Å². The van der Waals surface area contributed by atoms with Crippen LogP contribution < -0.4 is 42.3 Å². The Morgan fingerprint density at radius 2 is 0.979 bits per heavy atom. The lowest BCUT2D eigenvalue weighted by molar-refractivity contribution is 0.486. The van der Waals surface area contributed by atoms with Gasteiger partial charge in [0.25, 0.3) is 13.4 Å². The van der Waals surface area contributed by atoms with Gasteiger partial charge in [-0.3, -0.25) is 0 Å². The lowest BCUT2D eigenvalue weighted by Crippen LogP contribution is -2.58. The summed E-state index contributed by atoms with van der Waals surface area (Å²) in [5.74, 6) is 3.55. The van der Waals surface area contributed by atoms with Crippen LogP contribution in [0.1, 0.15) is 19.4 Å². The van der Waals surface area contributed by atoms with E-state index >= 15 is 0 Å². The summed E-state index contributed by atoms with van der Waals surface area (Å²) in [6, 6.07) is 33.6. The maximum atomic E-state index is 9.64. The summed E-state index contributed by atoms with van der Waals surface area (Å²) in [6.45, 7) is 6.29. The van der Waals surface area contributed by atoms with Crippen LogP contribution in [0.15, 0.2) is 103 Å². The fourth-order valence-corrected chi connectivity index (χ4v) is 9.52. The quantitative estimate of drug-likeness (QED) is 0.143. The van der Waals surface area contributed by atoms with E-state index in [1.165, 1.54) is 21.7 Å². The minimum absolute atomic E-state index is 0.0331. The fraction of sp³-hybridized carbons (Fsp3) is 0.0698. The predicted octanol–water partition coefficient (Wildman–Crippen LogP) is 6.71. The molecule has 8 aromatic carbocycles. The van der Waals surface area contributed by atoms with Gasteiger partial charge in [0.1, 0.15) is 23.0 Å². The van der Waals surface area contributed by atoms with Gasteiger partial charge in [-0.25, -0.2) is 0 Å². The van der Waals surface area contributed by atoms with Gasteiger partial charge in [-0.15, -0.1) is 0 Å². The van der Waals surface area contributed by atoms with E-state index in [9.17, 15) is 2.74 Å². The van der Waals surface area contributed by atoms with Crippen molar-refractivity contribution in [3.8, 4) is 45.3 Å². The fourth-order valence-electron chi connectivity index (χ4n) is 9.52. The molecule has 216 valence electrons. The first-order valence-corrected chi connectivity index (χ1v) is 16.5. The van der Waals surface area contributed by atoms with Gasteiger partial charge in [0.15, 0.2) is 0 Å². The van der Waals surface area contributed by atoms with Crippen LogP contribution >= 0.6 is 0 Å². The molecule has 4 heterocycles. The first-order chi connectivity index (χ1) is 23.8. The Balaban J connectivity index is 1.30. The molecule has 0 saturated carbocycles. The molecule has 4 heteroatoms. The summed E-state index contributed by atoms with van der Waals surface area (Å²) < 4.78 is 32.5. The minimum atomic E-state index is -0.0367. The number of ether oxygens (including phenoxy) is 2. The molecule has 2 nitrogen and oxygen atoms in total. The van der Waals surface area contributed by atoms with Gasteiger partial charge in [-0.2, -0.15) is 0 Å². The van der Waals surface area contributed by atoms with Gasteiger partial charge in [0.2, 0.25) is 0 Å². The standard InChI is InChI=1S/C43H26B2O2/c1-21-8-13-31-35(16-21)47-37-18-23(3)15-29-27-12-9-24-19-32-40-26(11-10-25-20-33(45(31)43(29)37)41(27)39(24)38(25)40)28-14-22(2)17-36-42(28)44(32)30-6-4-5-7-34(30)46-36/h4-20H,1-3H3/i9D,10D. The van der Waals surface area contributed by atoms with E-state index < -0.39 is 0 Å². The maximum absolute atomic E-state index is 9.64. The van der Waals surface area contributed by atoms with E-state index in [4.69, 9.17) is 9.47 Å². The van der Waals surface area contributed by atoms with Crippen molar-refractivity contribution in [1.82, 2.24) is 0 Å². The topological polar surface area (TPSA) is 18.5 Å². The van der Waals surface area contributed by atoms with Gasteiger partial charge < -0.3 is 9.47 Å². The third-order valence-corrected chi connectivity index (χ3v) is 11.3. The van der Waals surface area contributed by atoms with E-state index in [-0.39, 0.29) is 13.4 Å². The van der Waals surface area contributed by atoms with Crippen molar-refractivity contribution < 1.29 is 12.2 Å². The van der Waals surface area contributed by atoms with Crippen LogP contribution in [-0.2, 0) is 0 Å². The van der Waals surface area contributed by atoms with Crippen molar-refractivity contribution in [2.45, 2.75) is 20.8 Å². The molecule has 0 aromatic heterocycles. The van der Waals surface area contributed by atoms with Crippen molar-refractivity contribution >= 4 is 78.5 Å². The molecule has 0 amide bonds. The van der Waals surface area contributed by atoms with Crippen molar-refractivity contribution in [3.05, 3.63) is 120 Å². The Morgan fingerprint density at radius 1 is 0.447 bits per heavy atom. The monoisotopic (exact) mass is 598 g/mol. The van der Waals surface area contributed by atoms with Crippen LogP contribution in [0.3, 0.4) is 0 Å². The average molecular weight is 598 g/mol. The van der Waals surface area contributed by atoms with Crippen LogP contribution in [0.5, 0.6) is 23.0 Å². The predicted molar refractivity (Wildman–Crippen MR) is 198 cm³/mol. The molecule has 12 rings (SSSR count). The Kier molecular flexibility index (Phi) is 3.94. The Morgan fingerprint density at radius 3 is 1.60 bits per heavy atom. The second kappa shape index (κ2) is 8.08. The Labute approximate surface area is 275 Å². The summed E-state index contributed by atoms with van der Waals surface area (Å²) in [6.07, 6.45) is 0. The van der Waals surface area contributed by atoms with Crippen LogP contribution in [0.4, 0.5) is 0 Å². The zero-order valence-electron chi connectivity index (χ0n) is 28.1. The van der Waals surface area contributed by atoms with Gasteiger partial charge in [0, 0.05) is 0 Å². The minimum Gasteiger partial charge on any atom is -0.458 e. The molecule has 4 aliphatic heterocycles. The van der Waals surface area contributed by atoms with Crippen LogP contribution in [0.25, 0.3) is 54.6 Å². The highest BCUT2D eigenvalue weighted by molar-refractivity contribution is 7.01. The van der Waals surface area contributed by atoms with E-state index in [1.807, 2.05) is 6.07 Å². The number of benzene rings is 8. The molecular weight excluding hydrogens is 570 g/mol. The van der Waals surface area contributed by atoms with Gasteiger partial charge in [-0.1, -0.05) is 89.7 Å². The third kappa shape index (κ3) is 2.88. The zero-order chi connectivity index (χ0) is 32.6. The molecule has 0 aliphatic carbocycles. The Bertz CT molecular complexity index is 2910.